The zero-order valence-electron chi connectivity index (χ0n) is 13.6. The van der Waals surface area contributed by atoms with Gasteiger partial charge in [-0.1, -0.05) is 29.4 Å². The molecule has 26 heavy (non-hydrogen) atoms. The van der Waals surface area contributed by atoms with Gasteiger partial charge < -0.3 is 4.52 Å². The van der Waals surface area contributed by atoms with Gasteiger partial charge in [-0.15, -0.1) is 0 Å². The summed E-state index contributed by atoms with van der Waals surface area (Å²) in [5, 5.41) is 14.5. The number of nitro groups is 1. The standard InChI is InChI=1S/C16H14N4O5S/c1-11-4-2-3-5-14(11)16-18-15(25-19-16)10-17-26(23,24)13-8-6-12(7-9-13)20(21)22/h2-9,17H,10H2,1H3. The highest BCUT2D eigenvalue weighted by Crippen LogP contribution is 2.20. The van der Waals surface area contributed by atoms with E-state index in [1.807, 2.05) is 31.2 Å². The molecule has 0 bridgehead atoms. The van der Waals surface area contributed by atoms with Crippen LogP contribution in [-0.4, -0.2) is 23.5 Å². The number of hydrogen-bond donors (Lipinski definition) is 1. The van der Waals surface area contributed by atoms with Crippen LogP contribution in [0.1, 0.15) is 11.5 Å². The molecule has 0 aliphatic rings. The molecule has 1 heterocycles. The van der Waals surface area contributed by atoms with Crippen LogP contribution in [0.2, 0.25) is 0 Å². The monoisotopic (exact) mass is 374 g/mol. The van der Waals surface area contributed by atoms with Crippen molar-refractivity contribution < 1.29 is 17.9 Å². The van der Waals surface area contributed by atoms with Gasteiger partial charge in [-0.2, -0.15) is 4.98 Å². The highest BCUT2D eigenvalue weighted by atomic mass is 32.2. The molecule has 1 N–H and O–H groups in total. The Bertz CT molecular complexity index is 1040. The molecule has 0 saturated carbocycles. The van der Waals surface area contributed by atoms with Gasteiger partial charge in [0.05, 0.1) is 16.4 Å². The second kappa shape index (κ2) is 7.02. The first-order chi connectivity index (χ1) is 12.4. The summed E-state index contributed by atoms with van der Waals surface area (Å²) in [6.07, 6.45) is 0. The van der Waals surface area contributed by atoms with Crippen LogP contribution in [0.4, 0.5) is 5.69 Å². The van der Waals surface area contributed by atoms with Crippen molar-refractivity contribution in [2.24, 2.45) is 0 Å². The molecule has 0 amide bonds. The molecule has 0 aliphatic carbocycles. The van der Waals surface area contributed by atoms with E-state index in [-0.39, 0.29) is 23.0 Å². The minimum atomic E-state index is -3.86. The summed E-state index contributed by atoms with van der Waals surface area (Å²) in [5.74, 6) is 0.473. The molecule has 0 spiro atoms. The normalized spacial score (nSPS) is 11.4. The first kappa shape index (κ1) is 17.7. The molecule has 1 aromatic heterocycles. The number of nitrogens with zero attached hydrogens (tertiary/aromatic N) is 3. The Morgan fingerprint density at radius 3 is 2.50 bits per heavy atom. The van der Waals surface area contributed by atoms with Gasteiger partial charge in [-0.05, 0) is 24.6 Å². The van der Waals surface area contributed by atoms with E-state index in [1.54, 1.807) is 0 Å². The van der Waals surface area contributed by atoms with Crippen molar-refractivity contribution in [3.63, 3.8) is 0 Å². The fourth-order valence-electron chi connectivity index (χ4n) is 2.25. The van der Waals surface area contributed by atoms with E-state index in [0.29, 0.717) is 5.82 Å². The number of non-ortho nitro benzene ring substituents is 1. The molecule has 0 aliphatic heterocycles. The van der Waals surface area contributed by atoms with Crippen LogP contribution in [0.5, 0.6) is 0 Å². The van der Waals surface area contributed by atoms with Gasteiger partial charge in [0.2, 0.25) is 21.7 Å². The Morgan fingerprint density at radius 2 is 1.85 bits per heavy atom. The van der Waals surface area contributed by atoms with E-state index in [9.17, 15) is 18.5 Å². The Balaban J connectivity index is 1.72. The van der Waals surface area contributed by atoms with E-state index in [4.69, 9.17) is 4.52 Å². The van der Waals surface area contributed by atoms with Gasteiger partial charge in [0.15, 0.2) is 0 Å². The van der Waals surface area contributed by atoms with Crippen LogP contribution in [0.25, 0.3) is 11.4 Å². The Hall–Kier alpha value is -3.11. The topological polar surface area (TPSA) is 128 Å². The lowest BCUT2D eigenvalue weighted by Gasteiger charge is -2.04. The fourth-order valence-corrected chi connectivity index (χ4v) is 3.22. The van der Waals surface area contributed by atoms with Crippen molar-refractivity contribution >= 4 is 15.7 Å². The number of benzene rings is 2. The molecule has 2 aromatic carbocycles. The van der Waals surface area contributed by atoms with Gasteiger partial charge in [-0.3, -0.25) is 10.1 Å². The second-order valence-electron chi connectivity index (χ2n) is 5.40. The van der Waals surface area contributed by atoms with Crippen molar-refractivity contribution in [2.45, 2.75) is 18.4 Å². The third-order valence-electron chi connectivity index (χ3n) is 3.63. The minimum Gasteiger partial charge on any atom is -0.338 e. The van der Waals surface area contributed by atoms with Crippen molar-refractivity contribution in [1.82, 2.24) is 14.9 Å². The predicted octanol–water partition coefficient (Wildman–Crippen LogP) is 2.43. The number of aromatic nitrogens is 2. The van der Waals surface area contributed by atoms with E-state index in [0.717, 1.165) is 35.4 Å². The summed E-state index contributed by atoms with van der Waals surface area (Å²) in [7, 11) is -3.86. The minimum absolute atomic E-state index is 0.0956. The quantitative estimate of drug-likeness (QED) is 0.518. The Morgan fingerprint density at radius 1 is 1.15 bits per heavy atom. The molecular formula is C16H14N4O5S. The second-order valence-corrected chi connectivity index (χ2v) is 7.17. The van der Waals surface area contributed by atoms with Crippen LogP contribution in [0.15, 0.2) is 57.9 Å². The zero-order chi connectivity index (χ0) is 18.7. The van der Waals surface area contributed by atoms with Gasteiger partial charge >= 0.3 is 0 Å². The lowest BCUT2D eigenvalue weighted by Crippen LogP contribution is -2.23. The van der Waals surface area contributed by atoms with Gasteiger partial charge in [0, 0.05) is 17.7 Å². The van der Waals surface area contributed by atoms with E-state index in [1.165, 1.54) is 0 Å². The Labute approximate surface area is 148 Å². The zero-order valence-corrected chi connectivity index (χ0v) is 14.4. The van der Waals surface area contributed by atoms with E-state index in [2.05, 4.69) is 14.9 Å². The first-order valence-corrected chi connectivity index (χ1v) is 8.98. The number of aryl methyl sites for hydroxylation is 1. The van der Waals surface area contributed by atoms with Crippen molar-refractivity contribution in [2.75, 3.05) is 0 Å². The van der Waals surface area contributed by atoms with Crippen LogP contribution in [0, 0.1) is 17.0 Å². The van der Waals surface area contributed by atoms with Crippen LogP contribution < -0.4 is 4.72 Å². The molecule has 134 valence electrons. The lowest BCUT2D eigenvalue weighted by atomic mass is 10.1. The van der Waals surface area contributed by atoms with Crippen LogP contribution >= 0.6 is 0 Å². The molecular weight excluding hydrogens is 360 g/mol. The number of rotatable bonds is 6. The van der Waals surface area contributed by atoms with Crippen LogP contribution in [-0.2, 0) is 16.6 Å². The maximum Gasteiger partial charge on any atom is 0.269 e. The lowest BCUT2D eigenvalue weighted by molar-refractivity contribution is -0.384. The Kier molecular flexibility index (Phi) is 4.78. The smallest absolute Gasteiger partial charge is 0.269 e. The van der Waals surface area contributed by atoms with Crippen molar-refractivity contribution in [3.05, 3.63) is 70.1 Å². The SMILES string of the molecule is Cc1ccccc1-c1noc(CNS(=O)(=O)c2ccc([N+](=O)[O-])cc2)n1. The molecule has 0 radical (unpaired) electrons. The third-order valence-corrected chi connectivity index (χ3v) is 5.04. The molecule has 0 saturated heterocycles. The summed E-state index contributed by atoms with van der Waals surface area (Å²) in [6.45, 7) is 1.71. The summed E-state index contributed by atoms with van der Waals surface area (Å²) >= 11 is 0. The van der Waals surface area contributed by atoms with Crippen molar-refractivity contribution in [1.29, 1.82) is 0 Å². The molecule has 0 atom stereocenters. The fraction of sp³-hybridized carbons (Fsp3) is 0.125. The highest BCUT2D eigenvalue weighted by Gasteiger charge is 2.18. The number of hydrogen-bond acceptors (Lipinski definition) is 7. The molecule has 0 fully saturated rings. The van der Waals surface area contributed by atoms with Gasteiger partial charge in [0.25, 0.3) is 5.69 Å². The summed E-state index contributed by atoms with van der Waals surface area (Å²) in [4.78, 5) is 14.1. The molecule has 10 heteroatoms. The van der Waals surface area contributed by atoms with Crippen molar-refractivity contribution in [3.8, 4) is 11.4 Å². The first-order valence-electron chi connectivity index (χ1n) is 7.49. The summed E-state index contributed by atoms with van der Waals surface area (Å²) in [5.41, 5.74) is 1.57. The van der Waals surface area contributed by atoms with E-state index >= 15 is 0 Å². The predicted molar refractivity (Wildman–Crippen MR) is 91.6 cm³/mol. The largest absolute Gasteiger partial charge is 0.338 e. The van der Waals surface area contributed by atoms with Crippen LogP contribution in [0.3, 0.4) is 0 Å². The highest BCUT2D eigenvalue weighted by molar-refractivity contribution is 7.89. The maximum absolute atomic E-state index is 12.2. The number of nitro benzene ring substituents is 1. The maximum atomic E-state index is 12.2. The van der Waals surface area contributed by atoms with Gasteiger partial charge in [0.1, 0.15) is 0 Å². The average Bonchev–Trinajstić information content (AvgIpc) is 3.09. The molecule has 0 unspecified atom stereocenters. The van der Waals surface area contributed by atoms with E-state index < -0.39 is 14.9 Å². The summed E-state index contributed by atoms with van der Waals surface area (Å²) in [6, 6.07) is 12.0. The third kappa shape index (κ3) is 3.76. The molecule has 3 rings (SSSR count). The number of sulfonamides is 1. The number of nitrogens with one attached hydrogen (secondary N) is 1. The van der Waals surface area contributed by atoms with Gasteiger partial charge in [-0.25, -0.2) is 13.1 Å². The molecule has 9 nitrogen and oxygen atoms in total. The molecule has 3 aromatic rings. The average molecular weight is 374 g/mol. The summed E-state index contributed by atoms with van der Waals surface area (Å²) < 4.78 is 31.9.